The quantitative estimate of drug-likeness (QED) is 0.691. The number of aromatic nitrogens is 1. The molecule has 0 aliphatic carbocycles. The maximum absolute atomic E-state index is 11.2. The molecular weight excluding hydrogens is 286 g/mol. The van der Waals surface area contributed by atoms with Gasteiger partial charge in [0.05, 0.1) is 4.90 Å². The first-order chi connectivity index (χ1) is 10.0. The predicted octanol–water partition coefficient (Wildman–Crippen LogP) is 2.43. The van der Waals surface area contributed by atoms with E-state index in [9.17, 15) is 8.42 Å². The van der Waals surface area contributed by atoms with Crippen molar-refractivity contribution in [2.45, 2.75) is 11.4 Å². The first-order valence-electron chi connectivity index (χ1n) is 6.46. The molecule has 0 unspecified atom stereocenters. The van der Waals surface area contributed by atoms with Crippen molar-refractivity contribution in [3.63, 3.8) is 0 Å². The van der Waals surface area contributed by atoms with Crippen molar-refractivity contribution in [1.29, 1.82) is 0 Å². The first kappa shape index (κ1) is 13.7. The van der Waals surface area contributed by atoms with Gasteiger partial charge in [0.25, 0.3) is 0 Å². The number of aromatic amines is 1. The van der Waals surface area contributed by atoms with Gasteiger partial charge in [0.15, 0.2) is 0 Å². The minimum atomic E-state index is -3.64. The number of hydrogen-bond donors (Lipinski definition) is 3. The molecule has 4 N–H and O–H groups in total. The Hall–Kier alpha value is -2.31. The van der Waals surface area contributed by atoms with E-state index in [0.29, 0.717) is 6.54 Å². The Morgan fingerprint density at radius 3 is 2.52 bits per heavy atom. The average molecular weight is 301 g/mol. The summed E-state index contributed by atoms with van der Waals surface area (Å²) >= 11 is 0. The highest BCUT2D eigenvalue weighted by molar-refractivity contribution is 7.89. The fraction of sp³-hybridized carbons (Fsp3) is 0.0667. The fourth-order valence-electron chi connectivity index (χ4n) is 2.26. The summed E-state index contributed by atoms with van der Waals surface area (Å²) in [5.41, 5.74) is 3.11. The molecule has 0 saturated carbocycles. The molecule has 0 fully saturated rings. The number of nitrogens with two attached hydrogens (primary N) is 1. The van der Waals surface area contributed by atoms with E-state index in [1.54, 1.807) is 12.1 Å². The molecular formula is C15H15N3O2S. The highest BCUT2D eigenvalue weighted by atomic mass is 32.2. The molecule has 0 aliphatic rings. The second-order valence-electron chi connectivity index (χ2n) is 4.78. The third kappa shape index (κ3) is 2.91. The van der Waals surface area contributed by atoms with Crippen LogP contribution in [0.3, 0.4) is 0 Å². The third-order valence-corrected chi connectivity index (χ3v) is 4.28. The largest absolute Gasteiger partial charge is 0.381 e. The number of hydrogen-bond acceptors (Lipinski definition) is 3. The maximum Gasteiger partial charge on any atom is 0.238 e. The highest BCUT2D eigenvalue weighted by Crippen LogP contribution is 2.19. The van der Waals surface area contributed by atoms with Gasteiger partial charge in [0.1, 0.15) is 0 Å². The SMILES string of the molecule is NS(=O)(=O)c1ccc(NCc2cccc3[nH]ccc23)cc1. The molecule has 0 amide bonds. The van der Waals surface area contributed by atoms with Crippen LogP contribution in [0, 0.1) is 0 Å². The molecule has 0 spiro atoms. The van der Waals surface area contributed by atoms with Crippen LogP contribution in [0.2, 0.25) is 0 Å². The van der Waals surface area contributed by atoms with Crippen molar-refractivity contribution in [2.75, 3.05) is 5.32 Å². The Labute approximate surface area is 122 Å². The van der Waals surface area contributed by atoms with Gasteiger partial charge in [-0.05, 0) is 42.0 Å². The number of sulfonamides is 1. The van der Waals surface area contributed by atoms with Crippen LogP contribution in [0.4, 0.5) is 5.69 Å². The molecule has 0 atom stereocenters. The van der Waals surface area contributed by atoms with E-state index >= 15 is 0 Å². The molecule has 0 saturated heterocycles. The molecule has 108 valence electrons. The Morgan fingerprint density at radius 1 is 1.05 bits per heavy atom. The van der Waals surface area contributed by atoms with E-state index in [0.717, 1.165) is 11.2 Å². The van der Waals surface area contributed by atoms with Crippen molar-refractivity contribution >= 4 is 26.6 Å². The minimum Gasteiger partial charge on any atom is -0.381 e. The van der Waals surface area contributed by atoms with Crippen LogP contribution in [0.5, 0.6) is 0 Å². The molecule has 0 aliphatic heterocycles. The zero-order valence-corrected chi connectivity index (χ0v) is 12.0. The van der Waals surface area contributed by atoms with Crippen LogP contribution >= 0.6 is 0 Å². The van der Waals surface area contributed by atoms with Crippen molar-refractivity contribution in [3.8, 4) is 0 Å². The smallest absolute Gasteiger partial charge is 0.238 e. The molecule has 3 rings (SSSR count). The van der Waals surface area contributed by atoms with Crippen molar-refractivity contribution in [1.82, 2.24) is 4.98 Å². The normalized spacial score (nSPS) is 11.7. The standard InChI is InChI=1S/C15H15N3O2S/c16-21(19,20)13-6-4-12(5-7-13)18-10-11-2-1-3-15-14(11)8-9-17-15/h1-9,17-18H,10H2,(H2,16,19,20). The van der Waals surface area contributed by atoms with Crippen LogP contribution in [0.1, 0.15) is 5.56 Å². The van der Waals surface area contributed by atoms with E-state index in [4.69, 9.17) is 5.14 Å². The summed E-state index contributed by atoms with van der Waals surface area (Å²) in [6, 6.07) is 14.5. The van der Waals surface area contributed by atoms with Gasteiger partial charge in [-0.2, -0.15) is 0 Å². The van der Waals surface area contributed by atoms with Crippen molar-refractivity contribution < 1.29 is 8.42 Å². The molecule has 6 heteroatoms. The number of fused-ring (bicyclic) bond motifs is 1. The summed E-state index contributed by atoms with van der Waals surface area (Å²) in [6.45, 7) is 0.657. The molecule has 1 heterocycles. The summed E-state index contributed by atoms with van der Waals surface area (Å²) in [4.78, 5) is 3.29. The third-order valence-electron chi connectivity index (χ3n) is 3.35. The van der Waals surface area contributed by atoms with Gasteiger partial charge in [0.2, 0.25) is 10.0 Å². The number of benzene rings is 2. The van der Waals surface area contributed by atoms with Gasteiger partial charge in [-0.1, -0.05) is 12.1 Å². The van der Waals surface area contributed by atoms with Gasteiger partial charge < -0.3 is 10.3 Å². The molecule has 21 heavy (non-hydrogen) atoms. The number of primary sulfonamides is 1. The fourth-order valence-corrected chi connectivity index (χ4v) is 2.78. The number of nitrogens with one attached hydrogen (secondary N) is 2. The van der Waals surface area contributed by atoms with E-state index in [1.165, 1.54) is 23.1 Å². The topological polar surface area (TPSA) is 88.0 Å². The summed E-state index contributed by atoms with van der Waals surface area (Å²) in [6.07, 6.45) is 1.91. The summed E-state index contributed by atoms with van der Waals surface area (Å²) in [7, 11) is -3.64. The van der Waals surface area contributed by atoms with E-state index < -0.39 is 10.0 Å². The average Bonchev–Trinajstić information content (AvgIpc) is 2.93. The molecule has 5 nitrogen and oxygen atoms in total. The van der Waals surface area contributed by atoms with Crippen LogP contribution in [-0.2, 0) is 16.6 Å². The predicted molar refractivity (Wildman–Crippen MR) is 83.4 cm³/mol. The highest BCUT2D eigenvalue weighted by Gasteiger charge is 2.07. The van der Waals surface area contributed by atoms with Crippen molar-refractivity contribution in [2.24, 2.45) is 5.14 Å². The van der Waals surface area contributed by atoms with Crippen LogP contribution < -0.4 is 10.5 Å². The molecule has 0 radical (unpaired) electrons. The van der Waals surface area contributed by atoms with Crippen molar-refractivity contribution in [3.05, 3.63) is 60.3 Å². The lowest BCUT2D eigenvalue weighted by molar-refractivity contribution is 0.598. The lowest BCUT2D eigenvalue weighted by Gasteiger charge is -2.08. The second kappa shape index (κ2) is 5.23. The van der Waals surface area contributed by atoms with Gasteiger partial charge in [-0.25, -0.2) is 13.6 Å². The Balaban J connectivity index is 1.77. The molecule has 1 aromatic heterocycles. The second-order valence-corrected chi connectivity index (χ2v) is 6.34. The molecule has 0 bridgehead atoms. The maximum atomic E-state index is 11.2. The van der Waals surface area contributed by atoms with Gasteiger partial charge in [-0.3, -0.25) is 0 Å². The molecule has 3 aromatic rings. The van der Waals surface area contributed by atoms with Crippen LogP contribution in [0.15, 0.2) is 59.6 Å². The monoisotopic (exact) mass is 301 g/mol. The zero-order chi connectivity index (χ0) is 14.9. The summed E-state index contributed by atoms with van der Waals surface area (Å²) < 4.78 is 22.4. The Morgan fingerprint density at radius 2 is 1.81 bits per heavy atom. The summed E-state index contributed by atoms with van der Waals surface area (Å²) in [5, 5.41) is 9.51. The van der Waals surface area contributed by atoms with Gasteiger partial charge in [0, 0.05) is 29.3 Å². The number of H-pyrrole nitrogens is 1. The van der Waals surface area contributed by atoms with Gasteiger partial charge in [-0.15, -0.1) is 0 Å². The lowest BCUT2D eigenvalue weighted by Crippen LogP contribution is -2.12. The van der Waals surface area contributed by atoms with E-state index in [-0.39, 0.29) is 4.90 Å². The Bertz CT molecular complexity index is 867. The number of anilines is 1. The zero-order valence-electron chi connectivity index (χ0n) is 11.2. The minimum absolute atomic E-state index is 0.112. The van der Waals surface area contributed by atoms with Crippen LogP contribution in [-0.4, -0.2) is 13.4 Å². The molecule has 2 aromatic carbocycles. The number of rotatable bonds is 4. The lowest BCUT2D eigenvalue weighted by atomic mass is 10.1. The van der Waals surface area contributed by atoms with Gasteiger partial charge >= 0.3 is 0 Å². The first-order valence-corrected chi connectivity index (χ1v) is 8.00. The van der Waals surface area contributed by atoms with Crippen LogP contribution in [0.25, 0.3) is 10.9 Å². The summed E-state index contributed by atoms with van der Waals surface area (Å²) in [5.74, 6) is 0. The van der Waals surface area contributed by atoms with E-state index in [2.05, 4.69) is 16.4 Å². The van der Waals surface area contributed by atoms with E-state index in [1.807, 2.05) is 24.4 Å². The Kier molecular flexibility index (Phi) is 3.40.